The molecule has 1 atom stereocenters. The minimum Gasteiger partial charge on any atom is -0.486 e. The van der Waals surface area contributed by atoms with Crippen LogP contribution < -0.4 is 4.74 Å². The number of aryl methyl sites for hydroxylation is 6. The van der Waals surface area contributed by atoms with E-state index in [0.29, 0.717) is 5.56 Å². The van der Waals surface area contributed by atoms with Crippen molar-refractivity contribution in [1.82, 2.24) is 0 Å². The molecule has 0 bridgehead atoms. The van der Waals surface area contributed by atoms with Gasteiger partial charge in [-0.25, -0.2) is 0 Å². The van der Waals surface area contributed by atoms with Crippen LogP contribution in [-0.2, 0) is 0 Å². The summed E-state index contributed by atoms with van der Waals surface area (Å²) in [5.41, 5.74) is 8.91. The average molecular weight is 559 g/mol. The zero-order chi connectivity index (χ0) is 30.6. The second-order valence-corrected chi connectivity index (χ2v) is 11.9. The van der Waals surface area contributed by atoms with Gasteiger partial charge in [-0.1, -0.05) is 68.8 Å². The number of hydrogen-bond donors (Lipinski definition) is 0. The van der Waals surface area contributed by atoms with Gasteiger partial charge in [-0.05, 0) is 151 Å². The molecule has 218 valence electrons. The van der Waals surface area contributed by atoms with Gasteiger partial charge in [0.25, 0.3) is 0 Å². The normalized spacial score (nSPS) is 11.8. The summed E-state index contributed by atoms with van der Waals surface area (Å²) in [7, 11) is 0. The minimum absolute atomic E-state index is 0.0553. The van der Waals surface area contributed by atoms with Crippen LogP contribution in [0.4, 0.5) is 0 Å². The summed E-state index contributed by atoms with van der Waals surface area (Å²) < 4.78 is 5.82. The van der Waals surface area contributed by atoms with E-state index in [0.717, 1.165) is 18.6 Å². The molecule has 0 aliphatic rings. The summed E-state index contributed by atoms with van der Waals surface area (Å²) in [6.45, 7) is 20.8. The Hall–Kier alpha value is -3.91. The van der Waals surface area contributed by atoms with Crippen LogP contribution >= 0.6 is 0 Å². The third-order valence-corrected chi connectivity index (χ3v) is 8.68. The first-order valence-electron chi connectivity index (χ1n) is 15.3. The van der Waals surface area contributed by atoms with Crippen molar-refractivity contribution in [3.8, 4) is 5.75 Å². The highest BCUT2D eigenvalue weighted by Crippen LogP contribution is 2.38. The van der Waals surface area contributed by atoms with Crippen LogP contribution in [0.5, 0.6) is 5.75 Å². The third-order valence-electron chi connectivity index (χ3n) is 8.68. The molecule has 1 unspecified atom stereocenters. The predicted molar refractivity (Wildman–Crippen MR) is 183 cm³/mol. The van der Waals surface area contributed by atoms with Crippen molar-refractivity contribution >= 4 is 38.1 Å². The fraction of sp³-hybridized carbons (Fsp3) is 0.325. The summed E-state index contributed by atoms with van der Waals surface area (Å²) >= 11 is 0. The van der Waals surface area contributed by atoms with Crippen molar-refractivity contribution in [3.05, 3.63) is 112 Å². The Morgan fingerprint density at radius 1 is 0.667 bits per heavy atom. The maximum atomic E-state index is 11.2. The maximum absolute atomic E-state index is 11.2. The lowest BCUT2D eigenvalue weighted by Crippen LogP contribution is -2.13. The molecule has 0 saturated carbocycles. The van der Waals surface area contributed by atoms with Gasteiger partial charge in [-0.3, -0.25) is 4.79 Å². The van der Waals surface area contributed by atoms with Gasteiger partial charge in [-0.2, -0.15) is 0 Å². The van der Waals surface area contributed by atoms with Crippen LogP contribution in [0.3, 0.4) is 0 Å². The Kier molecular flexibility index (Phi) is 9.89. The van der Waals surface area contributed by atoms with E-state index in [-0.39, 0.29) is 11.9 Å². The monoisotopic (exact) mass is 558 g/mol. The third kappa shape index (κ3) is 6.76. The summed E-state index contributed by atoms with van der Waals surface area (Å²) in [5.74, 6) is 0.867. The minimum atomic E-state index is 0.0553. The molecule has 0 fully saturated rings. The second-order valence-electron chi connectivity index (χ2n) is 11.9. The lowest BCUT2D eigenvalue weighted by Gasteiger charge is -2.16. The summed E-state index contributed by atoms with van der Waals surface area (Å²) in [4.78, 5) is 11.2. The Bertz CT molecular complexity index is 1490. The Morgan fingerprint density at radius 2 is 1.02 bits per heavy atom. The number of benzene rings is 5. The molecule has 0 aliphatic carbocycles. The molecule has 42 heavy (non-hydrogen) atoms. The number of hydrogen-bond acceptors (Lipinski definition) is 2. The number of unbranched alkanes of at least 4 members (excludes halogenated alkanes) is 2. The van der Waals surface area contributed by atoms with Gasteiger partial charge in [0, 0.05) is 5.56 Å². The average Bonchev–Trinajstić information content (AvgIpc) is 2.96. The zero-order valence-corrected chi connectivity index (χ0v) is 26.8. The van der Waals surface area contributed by atoms with Crippen LogP contribution in [0.25, 0.3) is 32.3 Å². The first kappa shape index (κ1) is 31.0. The van der Waals surface area contributed by atoms with Crippen molar-refractivity contribution in [2.75, 3.05) is 0 Å². The molecule has 2 heteroatoms. The molecule has 2 nitrogen and oxygen atoms in total. The molecular formula is C40H46O2. The highest BCUT2D eigenvalue weighted by molar-refractivity contribution is 6.26. The van der Waals surface area contributed by atoms with Gasteiger partial charge in [0.2, 0.25) is 0 Å². The molecule has 5 aromatic carbocycles. The molecule has 0 spiro atoms. The molecule has 0 saturated heterocycles. The maximum Gasteiger partial charge on any atom is 0.159 e. The fourth-order valence-electron chi connectivity index (χ4n) is 5.55. The van der Waals surface area contributed by atoms with E-state index in [1.165, 1.54) is 78.5 Å². The van der Waals surface area contributed by atoms with Crippen molar-refractivity contribution in [1.29, 1.82) is 0 Å². The predicted octanol–water partition coefficient (Wildman–Crippen LogP) is 11.4. The lowest BCUT2D eigenvalue weighted by atomic mass is 9.88. The highest BCUT2D eigenvalue weighted by atomic mass is 16.5. The number of ether oxygens (including phenoxy) is 1. The zero-order valence-electron chi connectivity index (χ0n) is 26.8. The molecule has 0 heterocycles. The fourth-order valence-corrected chi connectivity index (χ4v) is 5.55. The van der Waals surface area contributed by atoms with Crippen molar-refractivity contribution in [2.45, 2.75) is 87.2 Å². The summed E-state index contributed by atoms with van der Waals surface area (Å²) in [6, 6.07) is 21.5. The number of ketones is 1. The van der Waals surface area contributed by atoms with Gasteiger partial charge < -0.3 is 4.74 Å². The lowest BCUT2D eigenvalue weighted by molar-refractivity contribution is 0.101. The van der Waals surface area contributed by atoms with Crippen LogP contribution in [0.2, 0.25) is 0 Å². The topological polar surface area (TPSA) is 26.3 Å². The van der Waals surface area contributed by atoms with Crippen LogP contribution in [0, 0.1) is 41.5 Å². The van der Waals surface area contributed by atoms with E-state index in [9.17, 15) is 4.79 Å². The van der Waals surface area contributed by atoms with Crippen LogP contribution in [-0.4, -0.2) is 11.9 Å². The number of fused-ring (bicyclic) bond motifs is 6. The number of carbonyl (C=O) groups excluding carboxylic acids is 1. The molecule has 0 N–H and O–H groups in total. The summed E-state index contributed by atoms with van der Waals surface area (Å²) in [5, 5.41) is 8.29. The SMILES string of the molecule is C=CC(CCCCC)Oc1ccc(C(C)=O)cc1.Cc1cc2c3cc(C)c(C)cc3c3cc(C)c(C)cc3c2cc1C. The molecule has 5 rings (SSSR count). The Labute approximate surface area is 252 Å². The van der Waals surface area contributed by atoms with Crippen molar-refractivity contribution in [2.24, 2.45) is 0 Å². The van der Waals surface area contributed by atoms with E-state index in [4.69, 9.17) is 4.74 Å². The number of rotatable bonds is 8. The molecular weight excluding hydrogens is 512 g/mol. The standard InChI is InChI=1S/C24H24.C16H22O2/c1-13-7-19-20(8-14(13)2)22-10-16(4)18(6)12-24(22)23-11-17(5)15(3)9-21(19)23;1-4-6-7-8-15(5-2)18-16-11-9-14(10-12-16)13(3)17/h7-12H,1-6H3;5,9-12,15H,2,4,6-8H2,1,3H3. The van der Waals surface area contributed by atoms with E-state index < -0.39 is 0 Å². The van der Waals surface area contributed by atoms with Gasteiger partial charge in [0.15, 0.2) is 5.78 Å². The smallest absolute Gasteiger partial charge is 0.159 e. The molecule has 0 aliphatic heterocycles. The molecule has 0 amide bonds. The quantitative estimate of drug-likeness (QED) is 0.0819. The molecule has 5 aromatic rings. The number of carbonyl (C=O) groups is 1. The van der Waals surface area contributed by atoms with Crippen LogP contribution in [0.1, 0.15) is 83.3 Å². The Morgan fingerprint density at radius 3 is 1.31 bits per heavy atom. The van der Waals surface area contributed by atoms with Gasteiger partial charge in [-0.15, -0.1) is 0 Å². The van der Waals surface area contributed by atoms with E-state index >= 15 is 0 Å². The van der Waals surface area contributed by atoms with Crippen molar-refractivity contribution in [3.63, 3.8) is 0 Å². The number of Topliss-reactive ketones (excluding diaryl/α,β-unsaturated/α-hetero) is 1. The molecule has 0 radical (unpaired) electrons. The van der Waals surface area contributed by atoms with E-state index in [1.807, 2.05) is 18.2 Å². The van der Waals surface area contributed by atoms with Gasteiger partial charge in [0.1, 0.15) is 11.9 Å². The molecule has 0 aromatic heterocycles. The van der Waals surface area contributed by atoms with E-state index in [2.05, 4.69) is 91.4 Å². The van der Waals surface area contributed by atoms with Gasteiger partial charge in [0.05, 0.1) is 0 Å². The summed E-state index contributed by atoms with van der Waals surface area (Å²) in [6.07, 6.45) is 6.47. The first-order chi connectivity index (χ1) is 20.0. The first-order valence-corrected chi connectivity index (χ1v) is 15.3. The second kappa shape index (κ2) is 13.4. The largest absolute Gasteiger partial charge is 0.486 e. The van der Waals surface area contributed by atoms with Crippen LogP contribution in [0.15, 0.2) is 73.3 Å². The van der Waals surface area contributed by atoms with Gasteiger partial charge >= 0.3 is 0 Å². The van der Waals surface area contributed by atoms with Crippen molar-refractivity contribution < 1.29 is 9.53 Å². The van der Waals surface area contributed by atoms with E-state index in [1.54, 1.807) is 19.1 Å². The highest BCUT2D eigenvalue weighted by Gasteiger charge is 2.13. The Balaban J connectivity index is 0.000000202.